The summed E-state index contributed by atoms with van der Waals surface area (Å²) in [6, 6.07) is 4.34. The number of rotatable bonds is 5. The van der Waals surface area contributed by atoms with E-state index in [4.69, 9.17) is 4.74 Å². The van der Waals surface area contributed by atoms with E-state index in [0.717, 1.165) is 18.8 Å². The first-order valence-corrected chi connectivity index (χ1v) is 6.02. The minimum atomic E-state index is 0.463. The normalized spacial score (nSPS) is 9.65. The van der Waals surface area contributed by atoms with E-state index in [1.54, 1.807) is 0 Å². The molecule has 1 aromatic carbocycles. The van der Waals surface area contributed by atoms with Crippen molar-refractivity contribution in [3.8, 4) is 17.6 Å². The van der Waals surface area contributed by atoms with Crippen LogP contribution in [0.3, 0.4) is 0 Å². The van der Waals surface area contributed by atoms with Crippen molar-refractivity contribution in [1.29, 1.82) is 0 Å². The molecule has 0 spiro atoms. The summed E-state index contributed by atoms with van der Waals surface area (Å²) in [6.07, 6.45) is 0. The van der Waals surface area contributed by atoms with Gasteiger partial charge in [-0.3, -0.25) is 0 Å². The predicted molar refractivity (Wildman–Crippen MR) is 72.2 cm³/mol. The molecule has 0 aromatic heterocycles. The largest absolute Gasteiger partial charge is 0.480 e. The smallest absolute Gasteiger partial charge is 0.149 e. The Labute approximate surface area is 104 Å². The van der Waals surface area contributed by atoms with Gasteiger partial charge in [0.15, 0.2) is 0 Å². The van der Waals surface area contributed by atoms with E-state index in [2.05, 4.69) is 50.1 Å². The summed E-state index contributed by atoms with van der Waals surface area (Å²) < 4.78 is 5.67. The van der Waals surface area contributed by atoms with Gasteiger partial charge in [0.2, 0.25) is 0 Å². The molecule has 17 heavy (non-hydrogen) atoms. The molecule has 0 aliphatic rings. The van der Waals surface area contributed by atoms with Crippen molar-refractivity contribution in [2.75, 3.05) is 13.2 Å². The third kappa shape index (κ3) is 4.13. The van der Waals surface area contributed by atoms with Crippen molar-refractivity contribution in [1.82, 2.24) is 5.32 Å². The lowest BCUT2D eigenvalue weighted by Gasteiger charge is -2.12. The van der Waals surface area contributed by atoms with Crippen LogP contribution in [-0.4, -0.2) is 13.2 Å². The van der Waals surface area contributed by atoms with E-state index in [9.17, 15) is 0 Å². The molecule has 0 atom stereocenters. The van der Waals surface area contributed by atoms with E-state index in [1.807, 2.05) is 6.92 Å². The molecule has 0 unspecified atom stereocenters. The molecule has 1 aromatic rings. The highest BCUT2D eigenvalue weighted by Gasteiger charge is 2.05. The number of aryl methyl sites for hydroxylation is 2. The lowest BCUT2D eigenvalue weighted by atomic mass is 10.1. The van der Waals surface area contributed by atoms with Crippen molar-refractivity contribution < 1.29 is 4.74 Å². The maximum Gasteiger partial charge on any atom is 0.149 e. The molecule has 0 saturated heterocycles. The van der Waals surface area contributed by atoms with Crippen LogP contribution in [0.25, 0.3) is 0 Å². The number of benzene rings is 1. The quantitative estimate of drug-likeness (QED) is 0.787. The Kier molecular flexibility index (Phi) is 5.59. The van der Waals surface area contributed by atoms with Gasteiger partial charge in [0.25, 0.3) is 0 Å². The molecular formula is C15H21NO. The molecule has 0 saturated carbocycles. The summed E-state index contributed by atoms with van der Waals surface area (Å²) in [4.78, 5) is 0. The third-order valence-electron chi connectivity index (χ3n) is 2.56. The molecule has 0 amide bonds. The van der Waals surface area contributed by atoms with Gasteiger partial charge in [-0.2, -0.15) is 0 Å². The molecule has 2 heteroatoms. The summed E-state index contributed by atoms with van der Waals surface area (Å²) >= 11 is 0. The number of hydrogen-bond donors (Lipinski definition) is 1. The van der Waals surface area contributed by atoms with E-state index in [-0.39, 0.29) is 0 Å². The molecule has 0 aliphatic heterocycles. The van der Waals surface area contributed by atoms with Crippen LogP contribution in [0.1, 0.15) is 30.5 Å². The zero-order valence-electron chi connectivity index (χ0n) is 11.2. The van der Waals surface area contributed by atoms with Crippen LogP contribution in [-0.2, 0) is 6.54 Å². The lowest BCUT2D eigenvalue weighted by Crippen LogP contribution is -2.12. The fraction of sp³-hybridized carbons (Fsp3) is 0.467. The van der Waals surface area contributed by atoms with Crippen molar-refractivity contribution >= 4 is 0 Å². The van der Waals surface area contributed by atoms with Gasteiger partial charge in [0.05, 0.1) is 0 Å². The van der Waals surface area contributed by atoms with Gasteiger partial charge in [0, 0.05) is 6.54 Å². The highest BCUT2D eigenvalue weighted by molar-refractivity contribution is 5.43. The number of ether oxygens (including phenoxy) is 1. The fourth-order valence-corrected chi connectivity index (χ4v) is 1.82. The molecule has 0 bridgehead atoms. The Morgan fingerprint density at radius 3 is 2.41 bits per heavy atom. The molecule has 0 aliphatic carbocycles. The Morgan fingerprint density at radius 1 is 1.24 bits per heavy atom. The van der Waals surface area contributed by atoms with Crippen LogP contribution in [0.15, 0.2) is 12.1 Å². The predicted octanol–water partition coefficient (Wildman–Crippen LogP) is 2.82. The second kappa shape index (κ2) is 6.98. The Balaban J connectivity index is 2.81. The maximum atomic E-state index is 5.67. The van der Waals surface area contributed by atoms with Crippen LogP contribution in [0.4, 0.5) is 0 Å². The molecule has 1 N–H and O–H groups in total. The molecule has 1 rings (SSSR count). The maximum absolute atomic E-state index is 5.67. The van der Waals surface area contributed by atoms with Gasteiger partial charge >= 0.3 is 0 Å². The Hall–Kier alpha value is -1.46. The van der Waals surface area contributed by atoms with Gasteiger partial charge in [-0.05, 0) is 44.0 Å². The van der Waals surface area contributed by atoms with Gasteiger partial charge < -0.3 is 10.1 Å². The van der Waals surface area contributed by atoms with Gasteiger partial charge in [-0.15, -0.1) is 5.92 Å². The van der Waals surface area contributed by atoms with Crippen molar-refractivity contribution in [3.63, 3.8) is 0 Å². The minimum absolute atomic E-state index is 0.463. The molecular weight excluding hydrogens is 210 g/mol. The second-order valence-corrected chi connectivity index (χ2v) is 4.05. The fourth-order valence-electron chi connectivity index (χ4n) is 1.82. The molecule has 0 heterocycles. The van der Waals surface area contributed by atoms with Crippen LogP contribution in [0, 0.1) is 25.7 Å². The average Bonchev–Trinajstić information content (AvgIpc) is 2.30. The highest BCUT2D eigenvalue weighted by atomic mass is 16.5. The van der Waals surface area contributed by atoms with Crippen molar-refractivity contribution in [2.24, 2.45) is 0 Å². The summed E-state index contributed by atoms with van der Waals surface area (Å²) in [6.45, 7) is 10.5. The van der Waals surface area contributed by atoms with Crippen LogP contribution >= 0.6 is 0 Å². The zero-order valence-corrected chi connectivity index (χ0v) is 11.2. The molecule has 2 nitrogen and oxygen atoms in total. The van der Waals surface area contributed by atoms with E-state index >= 15 is 0 Å². The van der Waals surface area contributed by atoms with E-state index in [0.29, 0.717) is 6.61 Å². The monoisotopic (exact) mass is 231 g/mol. The highest BCUT2D eigenvalue weighted by Crippen LogP contribution is 2.24. The summed E-state index contributed by atoms with van der Waals surface area (Å²) in [5.41, 5.74) is 3.65. The third-order valence-corrected chi connectivity index (χ3v) is 2.56. The first kappa shape index (κ1) is 13.6. The lowest BCUT2D eigenvalue weighted by molar-refractivity contribution is 0.364. The molecule has 92 valence electrons. The second-order valence-electron chi connectivity index (χ2n) is 4.05. The summed E-state index contributed by atoms with van der Waals surface area (Å²) in [5, 5.41) is 3.33. The minimum Gasteiger partial charge on any atom is -0.480 e. The zero-order chi connectivity index (χ0) is 12.7. The van der Waals surface area contributed by atoms with Gasteiger partial charge in [-0.1, -0.05) is 25.0 Å². The first-order chi connectivity index (χ1) is 8.19. The van der Waals surface area contributed by atoms with Crippen molar-refractivity contribution in [3.05, 3.63) is 28.8 Å². The van der Waals surface area contributed by atoms with Crippen LogP contribution in [0.5, 0.6) is 5.75 Å². The van der Waals surface area contributed by atoms with E-state index in [1.165, 1.54) is 16.7 Å². The Morgan fingerprint density at radius 2 is 1.88 bits per heavy atom. The number of nitrogens with one attached hydrogen (secondary N) is 1. The summed E-state index contributed by atoms with van der Waals surface area (Å²) in [5.74, 6) is 6.71. The van der Waals surface area contributed by atoms with Crippen LogP contribution < -0.4 is 10.1 Å². The molecule has 0 radical (unpaired) electrons. The SMILES string of the molecule is CC#CCOc1c(C)cc(CNCC)cc1C. The average molecular weight is 231 g/mol. The van der Waals surface area contributed by atoms with Crippen molar-refractivity contribution in [2.45, 2.75) is 34.2 Å². The van der Waals surface area contributed by atoms with Gasteiger partial charge in [0.1, 0.15) is 12.4 Å². The van der Waals surface area contributed by atoms with Crippen LogP contribution in [0.2, 0.25) is 0 Å². The molecule has 0 fully saturated rings. The standard InChI is InChI=1S/C15H21NO/c1-5-7-8-17-15-12(3)9-14(10-13(15)4)11-16-6-2/h9-10,16H,6,8,11H2,1-4H3. The topological polar surface area (TPSA) is 21.3 Å². The number of hydrogen-bond acceptors (Lipinski definition) is 2. The van der Waals surface area contributed by atoms with E-state index < -0.39 is 0 Å². The Bertz CT molecular complexity index is 403. The van der Waals surface area contributed by atoms with Gasteiger partial charge in [-0.25, -0.2) is 0 Å². The summed E-state index contributed by atoms with van der Waals surface area (Å²) in [7, 11) is 0. The first-order valence-electron chi connectivity index (χ1n) is 6.02.